The van der Waals surface area contributed by atoms with E-state index in [-0.39, 0.29) is 0 Å². The van der Waals surface area contributed by atoms with Crippen LogP contribution in [0.3, 0.4) is 0 Å². The predicted octanol–water partition coefficient (Wildman–Crippen LogP) is 2.12. The molecule has 1 aliphatic heterocycles. The molecule has 0 amide bonds. The summed E-state index contributed by atoms with van der Waals surface area (Å²) in [4.78, 5) is 11.2. The van der Waals surface area contributed by atoms with Gasteiger partial charge in [0.05, 0.1) is 0 Å². The molecular weight excluding hydrogens is 206 g/mol. The lowest BCUT2D eigenvalue weighted by Crippen LogP contribution is -2.32. The molecule has 0 aromatic carbocycles. The molecule has 0 spiro atoms. The van der Waals surface area contributed by atoms with Crippen molar-refractivity contribution in [3.05, 3.63) is 18.0 Å². The summed E-state index contributed by atoms with van der Waals surface area (Å²) in [5.41, 5.74) is 1.05. The van der Waals surface area contributed by atoms with Gasteiger partial charge in [0, 0.05) is 30.2 Å². The minimum Gasteiger partial charge on any atom is -0.337 e. The molecule has 0 N–H and O–H groups in total. The molecule has 0 radical (unpaired) electrons. The summed E-state index contributed by atoms with van der Waals surface area (Å²) in [5.74, 6) is 2.09. The maximum Gasteiger partial charge on any atom is 0.225 e. The van der Waals surface area contributed by atoms with Crippen LogP contribution in [0.1, 0.15) is 18.5 Å². The first-order chi connectivity index (χ1) is 7.31. The van der Waals surface area contributed by atoms with Crippen molar-refractivity contribution in [1.29, 1.82) is 0 Å². The standard InChI is InChI=1S/C11H17N3S/c1-9-5-6-12-11(13-9)14-7-3-4-10(14)8-15-2/h5-6,10H,3-4,7-8H2,1-2H3. The number of aryl methyl sites for hydroxylation is 1. The highest BCUT2D eigenvalue weighted by molar-refractivity contribution is 7.98. The van der Waals surface area contributed by atoms with E-state index < -0.39 is 0 Å². The maximum atomic E-state index is 4.49. The minimum absolute atomic E-state index is 0.627. The molecule has 3 nitrogen and oxygen atoms in total. The number of hydrogen-bond acceptors (Lipinski definition) is 4. The first-order valence-electron chi connectivity index (χ1n) is 5.36. The SMILES string of the molecule is CSCC1CCCN1c1nccc(C)n1. The van der Waals surface area contributed by atoms with Crippen LogP contribution >= 0.6 is 11.8 Å². The van der Waals surface area contributed by atoms with Crippen LogP contribution in [0, 0.1) is 6.92 Å². The van der Waals surface area contributed by atoms with Crippen molar-refractivity contribution in [3.8, 4) is 0 Å². The molecule has 1 aromatic heterocycles. The van der Waals surface area contributed by atoms with Crippen LogP contribution in [0.5, 0.6) is 0 Å². The van der Waals surface area contributed by atoms with E-state index in [0.29, 0.717) is 6.04 Å². The van der Waals surface area contributed by atoms with Gasteiger partial charge in [-0.1, -0.05) is 0 Å². The molecule has 2 heterocycles. The first-order valence-corrected chi connectivity index (χ1v) is 6.76. The summed E-state index contributed by atoms with van der Waals surface area (Å²) in [6.07, 6.45) is 6.56. The Balaban J connectivity index is 2.15. The molecule has 15 heavy (non-hydrogen) atoms. The van der Waals surface area contributed by atoms with Gasteiger partial charge >= 0.3 is 0 Å². The normalized spacial score (nSPS) is 20.9. The van der Waals surface area contributed by atoms with Crippen molar-refractivity contribution in [2.45, 2.75) is 25.8 Å². The lowest BCUT2D eigenvalue weighted by molar-refractivity contribution is 0.725. The van der Waals surface area contributed by atoms with E-state index in [2.05, 4.69) is 21.1 Å². The fraction of sp³-hybridized carbons (Fsp3) is 0.636. The molecule has 4 heteroatoms. The quantitative estimate of drug-likeness (QED) is 0.785. The minimum atomic E-state index is 0.627. The summed E-state index contributed by atoms with van der Waals surface area (Å²) < 4.78 is 0. The van der Waals surface area contributed by atoms with Crippen molar-refractivity contribution in [3.63, 3.8) is 0 Å². The van der Waals surface area contributed by atoms with Crippen molar-refractivity contribution >= 4 is 17.7 Å². The third-order valence-electron chi connectivity index (χ3n) is 2.78. The van der Waals surface area contributed by atoms with Gasteiger partial charge in [-0.2, -0.15) is 11.8 Å². The maximum absolute atomic E-state index is 4.49. The zero-order valence-corrected chi connectivity index (χ0v) is 10.1. The molecule has 0 saturated carbocycles. The zero-order valence-electron chi connectivity index (χ0n) is 9.31. The monoisotopic (exact) mass is 223 g/mol. The molecule has 1 saturated heterocycles. The second kappa shape index (κ2) is 4.84. The van der Waals surface area contributed by atoms with Gasteiger partial charge < -0.3 is 4.90 Å². The Morgan fingerprint density at radius 2 is 2.47 bits per heavy atom. The fourth-order valence-corrected chi connectivity index (χ4v) is 2.77. The van der Waals surface area contributed by atoms with E-state index in [4.69, 9.17) is 0 Å². The molecule has 1 fully saturated rings. The Kier molecular flexibility index (Phi) is 3.46. The summed E-state index contributed by atoms with van der Waals surface area (Å²) in [7, 11) is 0. The lowest BCUT2D eigenvalue weighted by Gasteiger charge is -2.23. The molecule has 0 aliphatic carbocycles. The van der Waals surface area contributed by atoms with Gasteiger partial charge in [0.15, 0.2) is 0 Å². The molecular formula is C11H17N3S. The molecule has 1 unspecified atom stereocenters. The Morgan fingerprint density at radius 3 is 3.20 bits per heavy atom. The molecule has 1 aliphatic rings. The molecule has 0 bridgehead atoms. The van der Waals surface area contributed by atoms with Crippen molar-refractivity contribution in [1.82, 2.24) is 9.97 Å². The average molecular weight is 223 g/mol. The van der Waals surface area contributed by atoms with Gasteiger partial charge in [0.1, 0.15) is 0 Å². The van der Waals surface area contributed by atoms with E-state index in [9.17, 15) is 0 Å². The topological polar surface area (TPSA) is 29.0 Å². The number of hydrogen-bond donors (Lipinski definition) is 0. The number of anilines is 1. The first kappa shape index (κ1) is 10.7. The highest BCUT2D eigenvalue weighted by Crippen LogP contribution is 2.24. The molecule has 2 rings (SSSR count). The molecule has 1 atom stereocenters. The van der Waals surface area contributed by atoms with Crippen LogP contribution < -0.4 is 4.90 Å². The van der Waals surface area contributed by atoms with E-state index in [0.717, 1.165) is 18.2 Å². The largest absolute Gasteiger partial charge is 0.337 e. The summed E-state index contributed by atoms with van der Waals surface area (Å²) in [5, 5.41) is 0. The number of rotatable bonds is 3. The van der Waals surface area contributed by atoms with Crippen LogP contribution in [0.4, 0.5) is 5.95 Å². The Hall–Kier alpha value is -0.770. The van der Waals surface area contributed by atoms with Crippen LogP contribution in [-0.2, 0) is 0 Å². The third-order valence-corrected chi connectivity index (χ3v) is 3.49. The van der Waals surface area contributed by atoms with E-state index >= 15 is 0 Å². The van der Waals surface area contributed by atoms with E-state index in [1.807, 2.05) is 30.9 Å². The van der Waals surface area contributed by atoms with Gasteiger partial charge in [0.25, 0.3) is 0 Å². The summed E-state index contributed by atoms with van der Waals surface area (Å²) >= 11 is 1.90. The van der Waals surface area contributed by atoms with Crippen LogP contribution in [0.2, 0.25) is 0 Å². The summed E-state index contributed by atoms with van der Waals surface area (Å²) in [6.45, 7) is 3.12. The summed E-state index contributed by atoms with van der Waals surface area (Å²) in [6, 6.07) is 2.57. The number of thioether (sulfide) groups is 1. The third kappa shape index (κ3) is 2.43. The number of aromatic nitrogens is 2. The predicted molar refractivity (Wildman–Crippen MR) is 65.5 cm³/mol. The van der Waals surface area contributed by atoms with Crippen LogP contribution in [0.15, 0.2) is 12.3 Å². The van der Waals surface area contributed by atoms with Crippen molar-refractivity contribution < 1.29 is 0 Å². The van der Waals surface area contributed by atoms with Gasteiger partial charge in [-0.25, -0.2) is 9.97 Å². The highest BCUT2D eigenvalue weighted by atomic mass is 32.2. The fourth-order valence-electron chi connectivity index (χ4n) is 2.04. The van der Waals surface area contributed by atoms with Gasteiger partial charge in [0.2, 0.25) is 5.95 Å². The molecule has 82 valence electrons. The second-order valence-corrected chi connectivity index (χ2v) is 4.85. The highest BCUT2D eigenvalue weighted by Gasteiger charge is 2.25. The van der Waals surface area contributed by atoms with Gasteiger partial charge in [-0.15, -0.1) is 0 Å². The average Bonchev–Trinajstić information content (AvgIpc) is 2.66. The van der Waals surface area contributed by atoms with E-state index in [1.165, 1.54) is 18.6 Å². The lowest BCUT2D eigenvalue weighted by atomic mass is 10.2. The van der Waals surface area contributed by atoms with E-state index in [1.54, 1.807) is 0 Å². The van der Waals surface area contributed by atoms with Crippen molar-refractivity contribution in [2.24, 2.45) is 0 Å². The Bertz CT molecular complexity index is 329. The Labute approximate surface area is 95.3 Å². The number of nitrogens with zero attached hydrogens (tertiary/aromatic N) is 3. The smallest absolute Gasteiger partial charge is 0.225 e. The van der Waals surface area contributed by atoms with Gasteiger partial charge in [-0.3, -0.25) is 0 Å². The Morgan fingerprint density at radius 1 is 1.60 bits per heavy atom. The van der Waals surface area contributed by atoms with Crippen LogP contribution in [-0.4, -0.2) is 34.6 Å². The molecule has 1 aromatic rings. The second-order valence-electron chi connectivity index (χ2n) is 3.94. The van der Waals surface area contributed by atoms with Gasteiger partial charge in [-0.05, 0) is 32.1 Å². The van der Waals surface area contributed by atoms with Crippen LogP contribution in [0.25, 0.3) is 0 Å². The zero-order chi connectivity index (χ0) is 10.7. The van der Waals surface area contributed by atoms with Crippen molar-refractivity contribution in [2.75, 3.05) is 23.5 Å².